The molecule has 41 heavy (non-hydrogen) atoms. The van der Waals surface area contributed by atoms with Crippen molar-refractivity contribution in [1.82, 2.24) is 0 Å². The minimum atomic E-state index is -1.36. The standard InChI is InChI=1S/C30H38O11/c1-13(31)39-20-10-19(34)29-12-38-25(36)26(20,3)17(29)9-18(33)28(5)23(29)22(35)24(40-14(2)32)27(4)16(15-6-7-37-11-15)8-21-30(27,28)41-21/h6-7,11,16-21,23-25,33-34,36H,8-10,12H2,1-5H3/t16-,17-,18+,19-,20-,21+,23-,24-,25-,26+,27+,28+,29+,30+/m0/s1. The van der Waals surface area contributed by atoms with Gasteiger partial charge < -0.3 is 38.7 Å². The Kier molecular flexibility index (Phi) is 5.50. The molecule has 0 aromatic carbocycles. The number of ether oxygens (including phenoxy) is 4. The highest BCUT2D eigenvalue weighted by Gasteiger charge is 2.92. The summed E-state index contributed by atoms with van der Waals surface area (Å²) in [5.41, 5.74) is -4.93. The van der Waals surface area contributed by atoms with Gasteiger partial charge in [0.05, 0.1) is 48.3 Å². The van der Waals surface area contributed by atoms with Crippen LogP contribution in [0, 0.1) is 33.5 Å². The fraction of sp³-hybridized carbons (Fsp3) is 0.767. The number of hydrogen-bond acceptors (Lipinski definition) is 11. The maximum atomic E-state index is 15.0. The molecule has 11 nitrogen and oxygen atoms in total. The van der Waals surface area contributed by atoms with Crippen LogP contribution in [0.5, 0.6) is 0 Å². The van der Waals surface area contributed by atoms with E-state index in [9.17, 15) is 24.9 Å². The van der Waals surface area contributed by atoms with Crippen molar-refractivity contribution in [3.05, 3.63) is 24.2 Å². The summed E-state index contributed by atoms with van der Waals surface area (Å²) in [6.45, 7) is 7.85. The third-order valence-corrected chi connectivity index (χ3v) is 12.6. The minimum absolute atomic E-state index is 0.0205. The van der Waals surface area contributed by atoms with Gasteiger partial charge in [0.1, 0.15) is 11.7 Å². The van der Waals surface area contributed by atoms with Crippen molar-refractivity contribution >= 4 is 17.7 Å². The molecule has 3 heterocycles. The highest BCUT2D eigenvalue weighted by molar-refractivity contribution is 5.93. The number of furan rings is 1. The zero-order valence-corrected chi connectivity index (χ0v) is 23.9. The summed E-state index contributed by atoms with van der Waals surface area (Å²) in [7, 11) is 0. The monoisotopic (exact) mass is 574 g/mol. The van der Waals surface area contributed by atoms with E-state index in [1.54, 1.807) is 19.5 Å². The first kappa shape index (κ1) is 27.5. The maximum Gasteiger partial charge on any atom is 0.303 e. The highest BCUT2D eigenvalue weighted by Crippen LogP contribution is 2.82. The van der Waals surface area contributed by atoms with Gasteiger partial charge >= 0.3 is 11.9 Å². The number of hydrogen-bond donors (Lipinski definition) is 3. The van der Waals surface area contributed by atoms with Crippen molar-refractivity contribution in [2.45, 2.75) is 102 Å². The van der Waals surface area contributed by atoms with E-state index in [1.807, 2.05) is 19.9 Å². The number of fused-ring (bicyclic) bond motifs is 1. The summed E-state index contributed by atoms with van der Waals surface area (Å²) in [4.78, 5) is 39.7. The summed E-state index contributed by atoms with van der Waals surface area (Å²) in [6, 6.07) is 1.84. The van der Waals surface area contributed by atoms with Crippen molar-refractivity contribution in [1.29, 1.82) is 0 Å². The van der Waals surface area contributed by atoms with Gasteiger partial charge in [0.25, 0.3) is 0 Å². The van der Waals surface area contributed by atoms with Crippen molar-refractivity contribution in [3.8, 4) is 0 Å². The third-order valence-electron chi connectivity index (χ3n) is 12.6. The zero-order chi connectivity index (χ0) is 29.5. The van der Waals surface area contributed by atoms with Crippen LogP contribution in [0.2, 0.25) is 0 Å². The van der Waals surface area contributed by atoms with E-state index in [2.05, 4.69) is 0 Å². The Balaban J connectivity index is 1.44. The molecule has 11 heteroatoms. The molecule has 6 fully saturated rings. The molecule has 6 aliphatic rings. The average Bonchev–Trinajstić information content (AvgIpc) is 3.26. The Bertz CT molecular complexity index is 1310. The molecular weight excluding hydrogens is 536 g/mol. The number of epoxide rings is 1. The molecule has 0 unspecified atom stereocenters. The van der Waals surface area contributed by atoms with E-state index in [4.69, 9.17) is 23.4 Å². The fourth-order valence-corrected chi connectivity index (χ4v) is 11.0. The van der Waals surface area contributed by atoms with Gasteiger partial charge in [-0.25, -0.2) is 0 Å². The predicted molar refractivity (Wildman–Crippen MR) is 137 cm³/mol. The summed E-state index contributed by atoms with van der Waals surface area (Å²) >= 11 is 0. The quantitative estimate of drug-likeness (QED) is 0.354. The van der Waals surface area contributed by atoms with Crippen LogP contribution in [-0.4, -0.2) is 82.1 Å². The fourth-order valence-electron chi connectivity index (χ4n) is 11.0. The van der Waals surface area contributed by atoms with Crippen molar-refractivity contribution in [3.63, 3.8) is 0 Å². The molecule has 2 saturated heterocycles. The normalized spacial score (nSPS) is 54.7. The van der Waals surface area contributed by atoms with Gasteiger partial charge in [-0.05, 0) is 30.4 Å². The van der Waals surface area contributed by atoms with Crippen LogP contribution in [-0.2, 0) is 33.3 Å². The van der Waals surface area contributed by atoms with E-state index in [-0.39, 0.29) is 31.5 Å². The van der Waals surface area contributed by atoms with Gasteiger partial charge in [0.2, 0.25) is 0 Å². The summed E-state index contributed by atoms with van der Waals surface area (Å²) in [6.07, 6.45) is -2.27. The van der Waals surface area contributed by atoms with Crippen molar-refractivity contribution in [2.75, 3.05) is 6.61 Å². The topological polar surface area (TPSA) is 165 Å². The molecular formula is C30H38O11. The lowest BCUT2D eigenvalue weighted by atomic mass is 9.33. The second-order valence-corrected chi connectivity index (χ2v) is 13.9. The SMILES string of the molecule is CC(=O)O[C@H]1C[C@H](O)[C@@]23CO[C@H](O)[C@]1(C)[C@@H]2C[C@@H](O)[C@]1(C)[C@@H]3C(=O)[C@H](OC(C)=O)[C@@]2(C)[C@H](c3ccoc3)C[C@H]3O[C@]321. The first-order chi connectivity index (χ1) is 19.2. The Morgan fingerprint density at radius 1 is 0.976 bits per heavy atom. The number of carbonyl (C=O) groups excluding carboxylic acids is 3. The number of ketones is 1. The van der Waals surface area contributed by atoms with Gasteiger partial charge in [-0.1, -0.05) is 20.8 Å². The van der Waals surface area contributed by atoms with Crippen LogP contribution in [0.15, 0.2) is 23.0 Å². The lowest BCUT2D eigenvalue weighted by Gasteiger charge is -2.73. The second kappa shape index (κ2) is 8.19. The Hall–Kier alpha value is -2.31. The average molecular weight is 575 g/mol. The lowest BCUT2D eigenvalue weighted by Crippen LogP contribution is -2.82. The molecule has 1 aromatic heterocycles. The Labute approximate surface area is 237 Å². The van der Waals surface area contributed by atoms with Crippen molar-refractivity contribution in [2.24, 2.45) is 33.5 Å². The number of esters is 2. The van der Waals surface area contributed by atoms with Crippen LogP contribution >= 0.6 is 0 Å². The van der Waals surface area contributed by atoms with E-state index in [0.717, 1.165) is 5.56 Å². The van der Waals surface area contributed by atoms with Crippen LogP contribution in [0.1, 0.15) is 65.4 Å². The van der Waals surface area contributed by atoms with Crippen LogP contribution in [0.4, 0.5) is 0 Å². The van der Waals surface area contributed by atoms with Crippen LogP contribution in [0.25, 0.3) is 0 Å². The first-order valence-electron chi connectivity index (χ1n) is 14.5. The first-order valence-corrected chi connectivity index (χ1v) is 14.5. The number of aliphatic hydroxyl groups is 3. The molecule has 224 valence electrons. The summed E-state index contributed by atoms with van der Waals surface area (Å²) in [5, 5.41) is 35.4. The molecule has 14 atom stereocenters. The Morgan fingerprint density at radius 3 is 2.32 bits per heavy atom. The molecule has 4 aliphatic carbocycles. The van der Waals surface area contributed by atoms with Crippen LogP contribution < -0.4 is 0 Å². The highest BCUT2D eigenvalue weighted by atomic mass is 16.6. The van der Waals surface area contributed by atoms with Gasteiger partial charge in [-0.15, -0.1) is 0 Å². The molecule has 0 radical (unpaired) electrons. The molecule has 0 amide bonds. The van der Waals surface area contributed by atoms with E-state index >= 15 is 4.79 Å². The van der Waals surface area contributed by atoms with Crippen molar-refractivity contribution < 1.29 is 53.1 Å². The smallest absolute Gasteiger partial charge is 0.303 e. The number of Topliss-reactive ketones (excluding diaryl/α,β-unsaturated/α-hetero) is 1. The van der Waals surface area contributed by atoms with Gasteiger partial charge in [-0.3, -0.25) is 14.4 Å². The zero-order valence-electron chi connectivity index (χ0n) is 23.9. The molecule has 1 aromatic rings. The van der Waals surface area contributed by atoms with Gasteiger partial charge in [0.15, 0.2) is 18.2 Å². The van der Waals surface area contributed by atoms with Gasteiger partial charge in [-0.2, -0.15) is 0 Å². The number of rotatable bonds is 3. The largest absolute Gasteiger partial charge is 0.472 e. The minimum Gasteiger partial charge on any atom is -0.472 e. The summed E-state index contributed by atoms with van der Waals surface area (Å²) in [5.74, 6) is -3.56. The molecule has 2 bridgehead atoms. The van der Waals surface area contributed by atoms with E-state index < -0.39 is 87.5 Å². The molecule has 1 spiro atoms. The summed E-state index contributed by atoms with van der Waals surface area (Å²) < 4.78 is 29.5. The van der Waals surface area contributed by atoms with Gasteiger partial charge in [0, 0.05) is 42.9 Å². The van der Waals surface area contributed by atoms with Crippen LogP contribution in [0.3, 0.4) is 0 Å². The second-order valence-electron chi connectivity index (χ2n) is 13.9. The third kappa shape index (κ3) is 2.85. The number of aliphatic hydroxyl groups excluding tert-OH is 3. The number of carbonyl (C=O) groups is 3. The predicted octanol–water partition coefficient (Wildman–Crippen LogP) is 1.47. The molecule has 3 N–H and O–H groups in total. The maximum absolute atomic E-state index is 15.0. The molecule has 2 aliphatic heterocycles. The lowest BCUT2D eigenvalue weighted by molar-refractivity contribution is -0.373. The molecule has 4 saturated carbocycles. The molecule has 7 rings (SSSR count). The Morgan fingerprint density at radius 2 is 1.68 bits per heavy atom. The van der Waals surface area contributed by atoms with E-state index in [1.165, 1.54) is 13.8 Å². The van der Waals surface area contributed by atoms with E-state index in [0.29, 0.717) is 6.42 Å².